The lowest BCUT2D eigenvalue weighted by atomic mass is 9.96. The minimum Gasteiger partial charge on any atom is -0.508 e. The third kappa shape index (κ3) is 6.31. The summed E-state index contributed by atoms with van der Waals surface area (Å²) < 4.78 is 6.24. The maximum atomic E-state index is 12.4. The lowest BCUT2D eigenvalue weighted by Gasteiger charge is -2.23. The molecule has 8 heteroatoms. The van der Waals surface area contributed by atoms with Gasteiger partial charge in [0.25, 0.3) is 0 Å². The number of carboxylic acids is 1. The van der Waals surface area contributed by atoms with Crippen LogP contribution in [0.25, 0.3) is 0 Å². The second-order valence-corrected chi connectivity index (χ2v) is 7.73. The number of halogens is 1. The molecule has 0 radical (unpaired) electrons. The van der Waals surface area contributed by atoms with Crippen LogP contribution in [0.2, 0.25) is 0 Å². The van der Waals surface area contributed by atoms with Crippen molar-refractivity contribution in [2.24, 2.45) is 5.92 Å². The van der Waals surface area contributed by atoms with E-state index in [2.05, 4.69) is 21.2 Å². The zero-order chi connectivity index (χ0) is 20.7. The first-order valence-electron chi connectivity index (χ1n) is 8.31. The summed E-state index contributed by atoms with van der Waals surface area (Å²) in [6.45, 7) is 1.70. The molecule has 0 aliphatic heterocycles. The maximum Gasteiger partial charge on any atom is 0.412 e. The van der Waals surface area contributed by atoms with E-state index in [4.69, 9.17) is 9.84 Å². The number of phenols is 1. The second-order valence-electron chi connectivity index (χ2n) is 5.94. The van der Waals surface area contributed by atoms with Crippen LogP contribution in [0, 0.1) is 5.92 Å². The quantitative estimate of drug-likeness (QED) is 0.371. The summed E-state index contributed by atoms with van der Waals surface area (Å²) in [6.07, 6.45) is 2.75. The zero-order valence-electron chi connectivity index (χ0n) is 15.3. The highest BCUT2D eigenvalue weighted by Gasteiger charge is 2.25. The van der Waals surface area contributed by atoms with Crippen molar-refractivity contribution in [3.63, 3.8) is 0 Å². The predicted molar refractivity (Wildman–Crippen MR) is 113 cm³/mol. The molecule has 6 nitrogen and oxygen atoms in total. The van der Waals surface area contributed by atoms with E-state index in [1.807, 2.05) is 18.4 Å². The van der Waals surface area contributed by atoms with Gasteiger partial charge in [-0.1, -0.05) is 28.9 Å². The van der Waals surface area contributed by atoms with Crippen molar-refractivity contribution in [3.8, 4) is 5.75 Å². The van der Waals surface area contributed by atoms with Crippen LogP contribution in [-0.4, -0.2) is 28.5 Å². The SMILES string of the molecule is CSc1ccc(NC(=O)O[C@@H](c2cc(Br)ccc2O)[C@@H](C)/C=C/C(=O)O)cc1. The number of phenolic OH excluding ortho intramolecular Hbond substituents is 1. The van der Waals surface area contributed by atoms with Crippen LogP contribution in [0.3, 0.4) is 0 Å². The van der Waals surface area contributed by atoms with Gasteiger partial charge < -0.3 is 14.9 Å². The topological polar surface area (TPSA) is 95.9 Å². The Morgan fingerprint density at radius 2 is 1.89 bits per heavy atom. The minimum atomic E-state index is -1.11. The van der Waals surface area contributed by atoms with Gasteiger partial charge >= 0.3 is 12.1 Å². The average molecular weight is 466 g/mol. The fraction of sp³-hybridized carbons (Fsp3) is 0.200. The Morgan fingerprint density at radius 1 is 1.21 bits per heavy atom. The number of ether oxygens (including phenoxy) is 1. The highest BCUT2D eigenvalue weighted by molar-refractivity contribution is 9.10. The van der Waals surface area contributed by atoms with E-state index in [1.165, 1.54) is 12.1 Å². The number of thioether (sulfide) groups is 1. The van der Waals surface area contributed by atoms with Crippen molar-refractivity contribution < 1.29 is 24.5 Å². The molecule has 0 saturated heterocycles. The molecule has 0 spiro atoms. The molecule has 2 rings (SSSR count). The molecule has 28 heavy (non-hydrogen) atoms. The summed E-state index contributed by atoms with van der Waals surface area (Å²) in [5.41, 5.74) is 0.929. The van der Waals surface area contributed by atoms with E-state index in [9.17, 15) is 14.7 Å². The molecule has 0 unspecified atom stereocenters. The molecule has 0 aromatic heterocycles. The molecule has 3 N–H and O–H groups in total. The lowest BCUT2D eigenvalue weighted by molar-refractivity contribution is -0.131. The van der Waals surface area contributed by atoms with Crippen molar-refractivity contribution in [2.45, 2.75) is 17.9 Å². The van der Waals surface area contributed by atoms with Gasteiger partial charge in [-0.2, -0.15) is 0 Å². The number of carbonyl (C=O) groups is 2. The van der Waals surface area contributed by atoms with E-state index in [1.54, 1.807) is 43.0 Å². The van der Waals surface area contributed by atoms with Crippen molar-refractivity contribution >= 4 is 45.4 Å². The molecule has 148 valence electrons. The van der Waals surface area contributed by atoms with Gasteiger partial charge in [0.2, 0.25) is 0 Å². The van der Waals surface area contributed by atoms with Crippen molar-refractivity contribution in [3.05, 3.63) is 64.7 Å². The Kier molecular flexibility index (Phi) is 7.95. The number of hydrogen-bond acceptors (Lipinski definition) is 5. The van der Waals surface area contributed by atoms with Gasteiger partial charge in [-0.15, -0.1) is 11.8 Å². The van der Waals surface area contributed by atoms with E-state index in [0.29, 0.717) is 15.7 Å². The van der Waals surface area contributed by atoms with E-state index < -0.39 is 24.1 Å². The van der Waals surface area contributed by atoms with Crippen LogP contribution in [0.5, 0.6) is 5.75 Å². The summed E-state index contributed by atoms with van der Waals surface area (Å²) in [6, 6.07) is 12.0. The Bertz CT molecular complexity index is 869. The van der Waals surface area contributed by atoms with Gasteiger partial charge in [0.15, 0.2) is 0 Å². The maximum absolute atomic E-state index is 12.4. The number of benzene rings is 2. The number of aromatic hydroxyl groups is 1. The first kappa shape index (κ1) is 21.8. The van der Waals surface area contributed by atoms with Gasteiger partial charge in [0, 0.05) is 32.6 Å². The molecule has 1 amide bonds. The number of anilines is 1. The van der Waals surface area contributed by atoms with Gasteiger partial charge in [-0.25, -0.2) is 9.59 Å². The molecule has 0 saturated carbocycles. The molecule has 2 aromatic rings. The largest absolute Gasteiger partial charge is 0.508 e. The van der Waals surface area contributed by atoms with Gasteiger partial charge in [0.05, 0.1) is 0 Å². The Labute approximate surface area is 175 Å². The number of hydrogen-bond donors (Lipinski definition) is 3. The van der Waals surface area contributed by atoms with Crippen LogP contribution in [0.4, 0.5) is 10.5 Å². The van der Waals surface area contributed by atoms with Gasteiger partial charge in [-0.3, -0.25) is 5.32 Å². The molecule has 0 aliphatic rings. The first-order valence-corrected chi connectivity index (χ1v) is 10.3. The number of rotatable bonds is 7. The second kappa shape index (κ2) is 10.2. The number of carboxylic acid groups (broad SMARTS) is 1. The average Bonchev–Trinajstić information content (AvgIpc) is 2.67. The summed E-state index contributed by atoms with van der Waals surface area (Å²) in [5, 5.41) is 21.7. The number of carbonyl (C=O) groups excluding carboxylic acids is 1. The Hall–Kier alpha value is -2.45. The monoisotopic (exact) mass is 465 g/mol. The molecule has 2 atom stereocenters. The molecule has 0 bridgehead atoms. The van der Waals surface area contributed by atoms with E-state index in [-0.39, 0.29) is 5.75 Å². The molecular formula is C20H20BrNO5S. The lowest BCUT2D eigenvalue weighted by Crippen LogP contribution is -2.21. The number of nitrogens with one attached hydrogen (secondary N) is 1. The fourth-order valence-corrected chi connectivity index (χ4v) is 3.27. The smallest absolute Gasteiger partial charge is 0.412 e. The predicted octanol–water partition coefficient (Wildman–Crippen LogP) is 5.44. The van der Waals surface area contributed by atoms with Gasteiger partial charge in [0.1, 0.15) is 11.9 Å². The molecule has 0 aliphatic carbocycles. The van der Waals surface area contributed by atoms with Gasteiger partial charge in [-0.05, 0) is 48.7 Å². The fourth-order valence-electron chi connectivity index (χ4n) is 2.48. The highest BCUT2D eigenvalue weighted by Crippen LogP contribution is 2.35. The minimum absolute atomic E-state index is 0.0547. The van der Waals surface area contributed by atoms with Crippen LogP contribution in [-0.2, 0) is 9.53 Å². The molecule has 0 heterocycles. The van der Waals surface area contributed by atoms with Crippen LogP contribution in [0.1, 0.15) is 18.6 Å². The number of amides is 1. The Morgan fingerprint density at radius 3 is 2.50 bits per heavy atom. The van der Waals surface area contributed by atoms with Crippen LogP contribution in [0.15, 0.2) is 64.0 Å². The summed E-state index contributed by atoms with van der Waals surface area (Å²) in [7, 11) is 0. The number of aliphatic carboxylic acids is 1. The standard InChI is InChI=1S/C20H20BrNO5S/c1-12(3-10-18(24)25)19(16-11-13(21)4-9-17(16)23)27-20(26)22-14-5-7-15(28-2)8-6-14/h3-12,19,23H,1-2H3,(H,22,26)(H,24,25)/b10-3+/t12-,19+/m0/s1. The first-order chi connectivity index (χ1) is 13.3. The summed E-state index contributed by atoms with van der Waals surface area (Å²) >= 11 is 4.92. The molecular weight excluding hydrogens is 446 g/mol. The van der Waals surface area contributed by atoms with Crippen LogP contribution < -0.4 is 5.32 Å². The highest BCUT2D eigenvalue weighted by atomic mass is 79.9. The molecule has 2 aromatic carbocycles. The normalized spacial score (nSPS) is 13.1. The van der Waals surface area contributed by atoms with Crippen molar-refractivity contribution in [1.82, 2.24) is 0 Å². The van der Waals surface area contributed by atoms with E-state index in [0.717, 1.165) is 11.0 Å². The Balaban J connectivity index is 2.23. The summed E-state index contributed by atoms with van der Waals surface area (Å²) in [4.78, 5) is 24.3. The van der Waals surface area contributed by atoms with Crippen LogP contribution >= 0.6 is 27.7 Å². The summed E-state index contributed by atoms with van der Waals surface area (Å²) in [5.74, 6) is -1.66. The third-order valence-electron chi connectivity index (χ3n) is 3.89. The third-order valence-corrected chi connectivity index (χ3v) is 5.12. The molecule has 0 fully saturated rings. The van der Waals surface area contributed by atoms with Crippen molar-refractivity contribution in [1.29, 1.82) is 0 Å². The zero-order valence-corrected chi connectivity index (χ0v) is 17.7. The van der Waals surface area contributed by atoms with E-state index >= 15 is 0 Å². The van der Waals surface area contributed by atoms with Crippen molar-refractivity contribution in [2.75, 3.05) is 11.6 Å².